The third-order valence-electron chi connectivity index (χ3n) is 2.84. The van der Waals surface area contributed by atoms with Crippen LogP contribution in [0.2, 0.25) is 0 Å². The van der Waals surface area contributed by atoms with E-state index >= 15 is 0 Å². The van der Waals surface area contributed by atoms with Gasteiger partial charge in [-0.2, -0.15) is 0 Å². The first-order valence-corrected chi connectivity index (χ1v) is 4.80. The van der Waals surface area contributed by atoms with Gasteiger partial charge in [-0.15, -0.1) is 0 Å². The van der Waals surface area contributed by atoms with Crippen molar-refractivity contribution in [2.24, 2.45) is 11.1 Å². The van der Waals surface area contributed by atoms with E-state index in [4.69, 9.17) is 11.1 Å². The van der Waals surface area contributed by atoms with Gasteiger partial charge in [-0.3, -0.25) is 4.79 Å². The van der Waals surface area contributed by atoms with Crippen molar-refractivity contribution in [2.75, 3.05) is 0 Å². The van der Waals surface area contributed by atoms with Crippen LogP contribution < -0.4 is 5.73 Å². The van der Waals surface area contributed by atoms with Crippen molar-refractivity contribution in [1.82, 2.24) is 0 Å². The molecule has 0 aromatic rings. The van der Waals surface area contributed by atoms with Gasteiger partial charge in [0, 0.05) is 17.5 Å². The molecule has 0 fully saturated rings. The predicted octanol–water partition coefficient (Wildman–Crippen LogP) is 1.96. The van der Waals surface area contributed by atoms with Gasteiger partial charge in [-0.1, -0.05) is 31.2 Å². The second-order valence-electron chi connectivity index (χ2n) is 4.16. The molecule has 3 N–H and O–H groups in total. The van der Waals surface area contributed by atoms with Crippen molar-refractivity contribution in [2.45, 2.75) is 20.3 Å². The summed E-state index contributed by atoms with van der Waals surface area (Å²) < 4.78 is 0. The van der Waals surface area contributed by atoms with E-state index < -0.39 is 5.91 Å². The van der Waals surface area contributed by atoms with Crippen molar-refractivity contribution >= 4 is 11.6 Å². The minimum atomic E-state index is -0.546. The molecule has 80 valence electrons. The average Bonchev–Trinajstić information content (AvgIpc) is 2.25. The number of allylic oxidation sites excluding steroid dienone is 4. The third kappa shape index (κ3) is 2.24. The van der Waals surface area contributed by atoms with Crippen LogP contribution in [0.4, 0.5) is 0 Å². The minimum absolute atomic E-state index is 0.259. The zero-order valence-corrected chi connectivity index (χ0v) is 9.13. The number of rotatable bonds is 2. The van der Waals surface area contributed by atoms with Gasteiger partial charge in [0.1, 0.15) is 0 Å². The first-order valence-electron chi connectivity index (χ1n) is 4.80. The first-order chi connectivity index (χ1) is 6.87. The molecule has 3 heteroatoms. The zero-order chi connectivity index (χ0) is 11.6. The van der Waals surface area contributed by atoms with Crippen LogP contribution in [-0.4, -0.2) is 11.6 Å². The Hall–Kier alpha value is -1.64. The smallest absolute Gasteiger partial charge is 0.250 e. The molecule has 0 heterocycles. The Balaban J connectivity index is 3.05. The van der Waals surface area contributed by atoms with Gasteiger partial charge < -0.3 is 11.1 Å². The van der Waals surface area contributed by atoms with Crippen molar-refractivity contribution in [3.8, 4) is 0 Å². The van der Waals surface area contributed by atoms with Crippen LogP contribution in [0.15, 0.2) is 36.0 Å². The van der Waals surface area contributed by atoms with Crippen LogP contribution in [0.5, 0.6) is 0 Å². The summed E-state index contributed by atoms with van der Waals surface area (Å²) in [7, 11) is 0. The highest BCUT2D eigenvalue weighted by Crippen LogP contribution is 2.34. The summed E-state index contributed by atoms with van der Waals surface area (Å²) in [6.45, 7) is 7.83. The molecule has 1 aliphatic rings. The molecule has 0 saturated heterocycles. The Morgan fingerprint density at radius 1 is 1.67 bits per heavy atom. The van der Waals surface area contributed by atoms with E-state index in [-0.39, 0.29) is 16.7 Å². The maximum Gasteiger partial charge on any atom is 0.250 e. The second-order valence-corrected chi connectivity index (χ2v) is 4.16. The number of carbonyl (C=O) groups excluding carboxylic acids is 1. The van der Waals surface area contributed by atoms with Crippen LogP contribution in [0.25, 0.3) is 0 Å². The number of nitrogens with one attached hydrogen (secondary N) is 1. The summed E-state index contributed by atoms with van der Waals surface area (Å²) >= 11 is 0. The van der Waals surface area contributed by atoms with Crippen LogP contribution in [0, 0.1) is 10.8 Å². The number of nitrogens with two attached hydrogens (primary N) is 1. The molecule has 0 radical (unpaired) electrons. The van der Waals surface area contributed by atoms with Gasteiger partial charge in [0.25, 0.3) is 5.91 Å². The molecule has 0 saturated carbocycles. The Kier molecular flexibility index (Phi) is 2.93. The molecule has 1 rings (SSSR count). The van der Waals surface area contributed by atoms with Crippen molar-refractivity contribution in [1.29, 1.82) is 5.41 Å². The predicted molar refractivity (Wildman–Crippen MR) is 61.7 cm³/mol. The molecule has 1 atom stereocenters. The van der Waals surface area contributed by atoms with Gasteiger partial charge in [-0.25, -0.2) is 0 Å². The molecule has 3 nitrogen and oxygen atoms in total. The van der Waals surface area contributed by atoms with Crippen LogP contribution in [0.3, 0.4) is 0 Å². The number of primary amides is 1. The molecule has 0 spiro atoms. The van der Waals surface area contributed by atoms with Crippen LogP contribution in [0.1, 0.15) is 20.3 Å². The Morgan fingerprint density at radius 3 is 2.73 bits per heavy atom. The normalized spacial score (nSPS) is 25.7. The molecule has 1 amide bonds. The zero-order valence-electron chi connectivity index (χ0n) is 9.13. The monoisotopic (exact) mass is 204 g/mol. The topological polar surface area (TPSA) is 66.9 Å². The number of amides is 1. The van der Waals surface area contributed by atoms with E-state index in [0.717, 1.165) is 5.57 Å². The molecule has 1 aliphatic carbocycles. The summed E-state index contributed by atoms with van der Waals surface area (Å²) in [6, 6.07) is 0. The van der Waals surface area contributed by atoms with Gasteiger partial charge in [-0.05, 0) is 13.0 Å². The van der Waals surface area contributed by atoms with E-state index in [1.165, 1.54) is 0 Å². The summed E-state index contributed by atoms with van der Waals surface area (Å²) in [5, 5.41) is 7.82. The van der Waals surface area contributed by atoms with Crippen LogP contribution >= 0.6 is 0 Å². The Labute approximate surface area is 89.9 Å². The maximum atomic E-state index is 11.1. The highest BCUT2D eigenvalue weighted by molar-refractivity contribution is 6.20. The van der Waals surface area contributed by atoms with E-state index in [2.05, 4.69) is 6.58 Å². The van der Waals surface area contributed by atoms with Gasteiger partial charge in [0.05, 0.1) is 5.57 Å². The summed E-state index contributed by atoms with van der Waals surface area (Å²) in [4.78, 5) is 11.1. The fourth-order valence-corrected chi connectivity index (χ4v) is 1.50. The van der Waals surface area contributed by atoms with Gasteiger partial charge in [0.2, 0.25) is 0 Å². The largest absolute Gasteiger partial charge is 0.366 e. The van der Waals surface area contributed by atoms with Gasteiger partial charge in [0.15, 0.2) is 0 Å². The van der Waals surface area contributed by atoms with E-state index in [0.29, 0.717) is 6.42 Å². The van der Waals surface area contributed by atoms with Crippen molar-refractivity contribution < 1.29 is 4.79 Å². The highest BCUT2D eigenvalue weighted by atomic mass is 16.1. The highest BCUT2D eigenvalue weighted by Gasteiger charge is 2.27. The number of hydrogen-bond acceptors (Lipinski definition) is 2. The first kappa shape index (κ1) is 11.4. The molecule has 0 aromatic carbocycles. The average molecular weight is 204 g/mol. The molecule has 15 heavy (non-hydrogen) atoms. The number of carbonyl (C=O) groups is 1. The third-order valence-corrected chi connectivity index (χ3v) is 2.84. The minimum Gasteiger partial charge on any atom is -0.366 e. The quantitative estimate of drug-likeness (QED) is 0.663. The Morgan fingerprint density at radius 2 is 2.27 bits per heavy atom. The standard InChI is InChI=1S/C12H16N2O/c1-8(2)12(3)6-4-5-9(11(14)15)10(13)7-12/h4-6,13H,1,7H2,2-3H3,(H2,14,15). The molecule has 1 unspecified atom stereocenters. The van der Waals surface area contributed by atoms with Crippen LogP contribution in [-0.2, 0) is 4.79 Å². The summed E-state index contributed by atoms with van der Waals surface area (Å²) in [5.74, 6) is -0.546. The lowest BCUT2D eigenvalue weighted by Gasteiger charge is -2.25. The van der Waals surface area contributed by atoms with Crippen molar-refractivity contribution in [3.05, 3.63) is 36.0 Å². The second kappa shape index (κ2) is 3.85. The molecule has 0 bridgehead atoms. The maximum absolute atomic E-state index is 11.1. The van der Waals surface area contributed by atoms with E-state index in [9.17, 15) is 4.79 Å². The fourth-order valence-electron chi connectivity index (χ4n) is 1.50. The number of hydrogen-bond donors (Lipinski definition) is 2. The van der Waals surface area contributed by atoms with E-state index in [1.54, 1.807) is 12.2 Å². The molecule has 0 aromatic heterocycles. The van der Waals surface area contributed by atoms with Crippen molar-refractivity contribution in [3.63, 3.8) is 0 Å². The van der Waals surface area contributed by atoms with Gasteiger partial charge >= 0.3 is 0 Å². The lowest BCUT2D eigenvalue weighted by molar-refractivity contribution is -0.114. The van der Waals surface area contributed by atoms with E-state index in [1.807, 2.05) is 19.9 Å². The Bertz CT molecular complexity index is 390. The molecular weight excluding hydrogens is 188 g/mol. The lowest BCUT2D eigenvalue weighted by Crippen LogP contribution is -2.24. The molecular formula is C12H16N2O. The SMILES string of the molecule is C=C(C)C1(C)C=CC=C(C(N)=O)C(=N)C1. The summed E-state index contributed by atoms with van der Waals surface area (Å²) in [5.41, 5.74) is 6.47. The molecule has 0 aliphatic heterocycles. The fraction of sp³-hybridized carbons (Fsp3) is 0.333. The lowest BCUT2D eigenvalue weighted by atomic mass is 9.78. The summed E-state index contributed by atoms with van der Waals surface area (Å²) in [6.07, 6.45) is 5.79.